The first-order valence-electron chi connectivity index (χ1n) is 7.34. The van der Waals surface area contributed by atoms with Gasteiger partial charge in [-0.15, -0.1) is 0 Å². The Balaban J connectivity index is 1.83. The number of nitrogens with zero attached hydrogens (tertiary/aromatic N) is 2. The molecule has 1 aliphatic heterocycles. The third-order valence-corrected chi connectivity index (χ3v) is 4.59. The second-order valence-corrected chi connectivity index (χ2v) is 6.00. The van der Waals surface area contributed by atoms with Crippen LogP contribution in [0.1, 0.15) is 32.6 Å². The molecule has 2 aliphatic rings. The van der Waals surface area contributed by atoms with Crippen molar-refractivity contribution in [1.29, 1.82) is 0 Å². The van der Waals surface area contributed by atoms with Crippen LogP contribution < -0.4 is 5.73 Å². The van der Waals surface area contributed by atoms with Crippen LogP contribution in [-0.2, 0) is 4.79 Å². The second kappa shape index (κ2) is 6.02. The molecule has 2 rings (SSSR count). The van der Waals surface area contributed by atoms with Crippen LogP contribution in [0.15, 0.2) is 0 Å². The van der Waals surface area contributed by atoms with Crippen LogP contribution in [0.25, 0.3) is 0 Å². The fourth-order valence-electron chi connectivity index (χ4n) is 3.28. The van der Waals surface area contributed by atoms with Crippen molar-refractivity contribution in [2.24, 2.45) is 17.6 Å². The number of hydrogen-bond acceptors (Lipinski definition) is 3. The molecule has 0 aromatic carbocycles. The monoisotopic (exact) mass is 253 g/mol. The average molecular weight is 253 g/mol. The molecule has 1 saturated carbocycles. The van der Waals surface area contributed by atoms with Gasteiger partial charge >= 0.3 is 0 Å². The minimum Gasteiger partial charge on any atom is -0.342 e. The van der Waals surface area contributed by atoms with E-state index in [1.165, 1.54) is 0 Å². The molecule has 1 amide bonds. The zero-order valence-corrected chi connectivity index (χ0v) is 11.8. The van der Waals surface area contributed by atoms with Crippen molar-refractivity contribution in [3.05, 3.63) is 0 Å². The van der Waals surface area contributed by atoms with Gasteiger partial charge in [0.1, 0.15) is 0 Å². The molecule has 0 bridgehead atoms. The number of hydrogen-bond donors (Lipinski definition) is 1. The molecule has 0 aromatic heterocycles. The van der Waals surface area contributed by atoms with E-state index in [1.54, 1.807) is 0 Å². The average Bonchev–Trinajstić information content (AvgIpc) is 2.97. The van der Waals surface area contributed by atoms with Crippen molar-refractivity contribution in [2.75, 3.05) is 33.2 Å². The van der Waals surface area contributed by atoms with E-state index >= 15 is 0 Å². The number of rotatable bonds is 4. The summed E-state index contributed by atoms with van der Waals surface area (Å²) in [7, 11) is 2.15. The maximum Gasteiger partial charge on any atom is 0.227 e. The zero-order valence-electron chi connectivity index (χ0n) is 11.8. The zero-order chi connectivity index (χ0) is 13.1. The molecule has 18 heavy (non-hydrogen) atoms. The van der Waals surface area contributed by atoms with Crippen LogP contribution in [0.3, 0.4) is 0 Å². The highest BCUT2D eigenvalue weighted by molar-refractivity contribution is 5.80. The van der Waals surface area contributed by atoms with Gasteiger partial charge < -0.3 is 15.5 Å². The van der Waals surface area contributed by atoms with Crippen molar-refractivity contribution < 1.29 is 4.79 Å². The number of amides is 1. The van der Waals surface area contributed by atoms with E-state index in [-0.39, 0.29) is 12.0 Å². The summed E-state index contributed by atoms with van der Waals surface area (Å²) in [5.41, 5.74) is 6.03. The van der Waals surface area contributed by atoms with Crippen molar-refractivity contribution in [2.45, 2.75) is 38.6 Å². The molecule has 2 fully saturated rings. The van der Waals surface area contributed by atoms with Crippen LogP contribution in [0.4, 0.5) is 0 Å². The summed E-state index contributed by atoms with van der Waals surface area (Å²) in [6.07, 6.45) is 4.29. The number of nitrogens with two attached hydrogens (primary N) is 1. The van der Waals surface area contributed by atoms with E-state index in [2.05, 4.69) is 23.8 Å². The lowest BCUT2D eigenvalue weighted by Crippen LogP contribution is -2.41. The Hall–Kier alpha value is -0.610. The summed E-state index contributed by atoms with van der Waals surface area (Å²) in [6.45, 7) is 6.24. The summed E-state index contributed by atoms with van der Waals surface area (Å²) < 4.78 is 0. The van der Waals surface area contributed by atoms with E-state index in [1.807, 2.05) is 0 Å². The third-order valence-electron chi connectivity index (χ3n) is 4.59. The Morgan fingerprint density at radius 2 is 2.17 bits per heavy atom. The van der Waals surface area contributed by atoms with Crippen molar-refractivity contribution in [3.63, 3.8) is 0 Å². The topological polar surface area (TPSA) is 49.6 Å². The van der Waals surface area contributed by atoms with Gasteiger partial charge in [-0.1, -0.05) is 13.3 Å². The van der Waals surface area contributed by atoms with E-state index in [0.29, 0.717) is 11.8 Å². The molecular formula is C14H27N3O. The van der Waals surface area contributed by atoms with Crippen molar-refractivity contribution in [1.82, 2.24) is 9.80 Å². The maximum atomic E-state index is 12.4. The predicted octanol–water partition coefficient (Wildman–Crippen LogP) is 0.914. The molecule has 1 saturated heterocycles. The van der Waals surface area contributed by atoms with Crippen LogP contribution in [0.2, 0.25) is 0 Å². The molecule has 0 radical (unpaired) electrons. The minimum absolute atomic E-state index is 0.104. The van der Waals surface area contributed by atoms with Gasteiger partial charge in [0, 0.05) is 25.7 Å². The summed E-state index contributed by atoms with van der Waals surface area (Å²) >= 11 is 0. The van der Waals surface area contributed by atoms with Gasteiger partial charge in [0.15, 0.2) is 0 Å². The standard InChI is InChI=1S/C14H27N3O/c1-3-16(2)9-11-7-8-17(10-11)14(18)12-5-4-6-13(12)15/h11-13H,3-10,15H2,1-2H3/t11-,12-,13+/m0/s1. The molecular weight excluding hydrogens is 226 g/mol. The molecule has 104 valence electrons. The third kappa shape index (κ3) is 3.04. The minimum atomic E-state index is 0.104. The summed E-state index contributed by atoms with van der Waals surface area (Å²) in [5, 5.41) is 0. The highest BCUT2D eigenvalue weighted by atomic mass is 16.2. The van der Waals surface area contributed by atoms with E-state index in [4.69, 9.17) is 5.73 Å². The molecule has 0 unspecified atom stereocenters. The van der Waals surface area contributed by atoms with Crippen molar-refractivity contribution in [3.8, 4) is 0 Å². The molecule has 4 heteroatoms. The van der Waals surface area contributed by atoms with Gasteiger partial charge in [0.25, 0.3) is 0 Å². The number of likely N-dealkylation sites (tertiary alicyclic amines) is 1. The smallest absolute Gasteiger partial charge is 0.227 e. The fourth-order valence-corrected chi connectivity index (χ4v) is 3.28. The molecule has 3 atom stereocenters. The lowest BCUT2D eigenvalue weighted by molar-refractivity contribution is -0.134. The quantitative estimate of drug-likeness (QED) is 0.810. The lowest BCUT2D eigenvalue weighted by atomic mass is 10.0. The molecule has 0 spiro atoms. The molecule has 1 heterocycles. The van der Waals surface area contributed by atoms with Crippen LogP contribution in [0.5, 0.6) is 0 Å². The van der Waals surface area contributed by atoms with Gasteiger partial charge in [-0.25, -0.2) is 0 Å². The first-order valence-corrected chi connectivity index (χ1v) is 7.34. The Morgan fingerprint density at radius 1 is 1.39 bits per heavy atom. The predicted molar refractivity (Wildman–Crippen MR) is 73.2 cm³/mol. The lowest BCUT2D eigenvalue weighted by Gasteiger charge is -2.24. The molecule has 2 N–H and O–H groups in total. The van der Waals surface area contributed by atoms with Gasteiger partial charge in [-0.3, -0.25) is 4.79 Å². The Morgan fingerprint density at radius 3 is 2.78 bits per heavy atom. The summed E-state index contributed by atoms with van der Waals surface area (Å²) in [6, 6.07) is 0.106. The van der Waals surface area contributed by atoms with Gasteiger partial charge in [0.05, 0.1) is 5.92 Å². The number of carbonyl (C=O) groups is 1. The first-order chi connectivity index (χ1) is 8.61. The van der Waals surface area contributed by atoms with Crippen LogP contribution in [-0.4, -0.2) is 55.0 Å². The van der Waals surface area contributed by atoms with Crippen LogP contribution >= 0.6 is 0 Å². The SMILES string of the molecule is CCN(C)C[C@@H]1CCN(C(=O)[C@H]2CCC[C@H]2N)C1. The van der Waals surface area contributed by atoms with Crippen molar-refractivity contribution >= 4 is 5.91 Å². The Labute approximate surface area is 110 Å². The van der Waals surface area contributed by atoms with Gasteiger partial charge in [-0.05, 0) is 38.8 Å². The molecule has 1 aliphatic carbocycles. The van der Waals surface area contributed by atoms with E-state index in [9.17, 15) is 4.79 Å². The normalized spacial score (nSPS) is 32.4. The number of carbonyl (C=O) groups excluding carboxylic acids is 1. The summed E-state index contributed by atoms with van der Waals surface area (Å²) in [5.74, 6) is 1.07. The highest BCUT2D eigenvalue weighted by Crippen LogP contribution is 2.28. The summed E-state index contributed by atoms with van der Waals surface area (Å²) in [4.78, 5) is 16.8. The fraction of sp³-hybridized carbons (Fsp3) is 0.929. The van der Waals surface area contributed by atoms with Crippen LogP contribution in [0, 0.1) is 11.8 Å². The molecule has 0 aromatic rings. The Kier molecular flexibility index (Phi) is 4.62. The second-order valence-electron chi connectivity index (χ2n) is 6.00. The van der Waals surface area contributed by atoms with E-state index in [0.717, 1.165) is 51.9 Å². The highest BCUT2D eigenvalue weighted by Gasteiger charge is 2.36. The van der Waals surface area contributed by atoms with Gasteiger partial charge in [0.2, 0.25) is 5.91 Å². The first kappa shape index (κ1) is 13.8. The Bertz CT molecular complexity index is 295. The van der Waals surface area contributed by atoms with Gasteiger partial charge in [-0.2, -0.15) is 0 Å². The maximum absolute atomic E-state index is 12.4. The van der Waals surface area contributed by atoms with E-state index < -0.39 is 0 Å². The largest absolute Gasteiger partial charge is 0.342 e. The molecule has 4 nitrogen and oxygen atoms in total.